The summed E-state index contributed by atoms with van der Waals surface area (Å²) in [6.45, 7) is 7.00. The SMILES string of the molecule is COc1cccc2c1CCC1C2CC(C)CN1CCc1ccc(C)cc1. The number of hydrogen-bond acceptors (Lipinski definition) is 2. The van der Waals surface area contributed by atoms with Crippen LogP contribution in [0.1, 0.15) is 47.9 Å². The second-order valence-corrected chi connectivity index (χ2v) is 8.31. The van der Waals surface area contributed by atoms with E-state index in [1.807, 2.05) is 0 Å². The van der Waals surface area contributed by atoms with Gasteiger partial charge in [-0.15, -0.1) is 0 Å². The molecule has 1 aliphatic heterocycles. The van der Waals surface area contributed by atoms with Gasteiger partial charge < -0.3 is 4.74 Å². The number of aryl methyl sites for hydroxylation is 1. The lowest BCUT2D eigenvalue weighted by atomic mass is 9.71. The van der Waals surface area contributed by atoms with E-state index in [-0.39, 0.29) is 0 Å². The predicted octanol–water partition coefficient (Wildman–Crippen LogP) is 4.99. The Hall–Kier alpha value is -1.80. The maximum absolute atomic E-state index is 5.65. The van der Waals surface area contributed by atoms with Crippen LogP contribution in [0.4, 0.5) is 0 Å². The van der Waals surface area contributed by atoms with Crippen molar-refractivity contribution in [3.05, 3.63) is 64.7 Å². The Morgan fingerprint density at radius 1 is 1.12 bits per heavy atom. The highest BCUT2D eigenvalue weighted by molar-refractivity contribution is 5.45. The fraction of sp³-hybridized carbons (Fsp3) is 0.500. The molecule has 1 fully saturated rings. The molecule has 0 N–H and O–H groups in total. The Bertz CT molecular complexity index is 751. The Balaban J connectivity index is 1.53. The van der Waals surface area contributed by atoms with Gasteiger partial charge in [0.2, 0.25) is 0 Å². The maximum atomic E-state index is 5.65. The number of hydrogen-bond donors (Lipinski definition) is 0. The molecule has 138 valence electrons. The zero-order valence-electron chi connectivity index (χ0n) is 16.4. The number of nitrogens with zero attached hydrogens (tertiary/aromatic N) is 1. The summed E-state index contributed by atoms with van der Waals surface area (Å²) in [4.78, 5) is 2.78. The van der Waals surface area contributed by atoms with Crippen molar-refractivity contribution in [3.8, 4) is 5.75 Å². The highest BCUT2D eigenvalue weighted by Crippen LogP contribution is 2.44. The fourth-order valence-corrected chi connectivity index (χ4v) is 5.14. The van der Waals surface area contributed by atoms with Crippen molar-refractivity contribution in [1.82, 2.24) is 4.90 Å². The second-order valence-electron chi connectivity index (χ2n) is 8.31. The van der Waals surface area contributed by atoms with Crippen LogP contribution in [0.2, 0.25) is 0 Å². The van der Waals surface area contributed by atoms with Gasteiger partial charge >= 0.3 is 0 Å². The maximum Gasteiger partial charge on any atom is 0.122 e. The van der Waals surface area contributed by atoms with Gasteiger partial charge in [0.1, 0.15) is 5.75 Å². The summed E-state index contributed by atoms with van der Waals surface area (Å²) in [6.07, 6.45) is 4.88. The van der Waals surface area contributed by atoms with E-state index in [9.17, 15) is 0 Å². The molecule has 0 spiro atoms. The molecular weight excluding hydrogens is 318 g/mol. The normalized spacial score (nSPS) is 25.4. The molecule has 2 heteroatoms. The van der Waals surface area contributed by atoms with Crippen LogP contribution in [0.25, 0.3) is 0 Å². The van der Waals surface area contributed by atoms with Crippen molar-refractivity contribution < 1.29 is 4.74 Å². The third kappa shape index (κ3) is 3.40. The Morgan fingerprint density at radius 3 is 2.69 bits per heavy atom. The molecular formula is C24H31NO. The first kappa shape index (κ1) is 17.6. The van der Waals surface area contributed by atoms with Crippen LogP contribution in [-0.4, -0.2) is 31.1 Å². The smallest absolute Gasteiger partial charge is 0.122 e. The monoisotopic (exact) mass is 349 g/mol. The number of methoxy groups -OCH3 is 1. The summed E-state index contributed by atoms with van der Waals surface area (Å²) in [5.41, 5.74) is 5.82. The van der Waals surface area contributed by atoms with E-state index >= 15 is 0 Å². The summed E-state index contributed by atoms with van der Waals surface area (Å²) < 4.78 is 5.65. The zero-order chi connectivity index (χ0) is 18.1. The average Bonchev–Trinajstić information content (AvgIpc) is 2.66. The fourth-order valence-electron chi connectivity index (χ4n) is 5.14. The minimum absolute atomic E-state index is 0.663. The largest absolute Gasteiger partial charge is 0.496 e. The topological polar surface area (TPSA) is 12.5 Å². The molecule has 1 heterocycles. The quantitative estimate of drug-likeness (QED) is 0.771. The number of ether oxygens (including phenoxy) is 1. The highest BCUT2D eigenvalue weighted by Gasteiger charge is 2.39. The van der Waals surface area contributed by atoms with Crippen molar-refractivity contribution in [2.75, 3.05) is 20.2 Å². The van der Waals surface area contributed by atoms with Gasteiger partial charge in [-0.25, -0.2) is 0 Å². The van der Waals surface area contributed by atoms with Gasteiger partial charge in [0.15, 0.2) is 0 Å². The molecule has 1 saturated heterocycles. The molecule has 0 radical (unpaired) electrons. The van der Waals surface area contributed by atoms with E-state index < -0.39 is 0 Å². The second kappa shape index (κ2) is 7.44. The molecule has 1 aliphatic carbocycles. The number of benzene rings is 2. The summed E-state index contributed by atoms with van der Waals surface area (Å²) in [7, 11) is 1.80. The third-order valence-corrected chi connectivity index (χ3v) is 6.42. The summed E-state index contributed by atoms with van der Waals surface area (Å²) >= 11 is 0. The Kier molecular flexibility index (Phi) is 5.04. The number of likely N-dealkylation sites (tertiary alicyclic amines) is 1. The van der Waals surface area contributed by atoms with Gasteiger partial charge in [-0.1, -0.05) is 48.9 Å². The highest BCUT2D eigenvalue weighted by atomic mass is 16.5. The zero-order valence-corrected chi connectivity index (χ0v) is 16.4. The Labute approximate surface area is 158 Å². The van der Waals surface area contributed by atoms with Crippen LogP contribution in [0.5, 0.6) is 5.75 Å². The molecule has 2 aromatic rings. The van der Waals surface area contributed by atoms with Crippen molar-refractivity contribution >= 4 is 0 Å². The van der Waals surface area contributed by atoms with Crippen LogP contribution in [0, 0.1) is 12.8 Å². The summed E-state index contributed by atoms with van der Waals surface area (Å²) in [5.74, 6) is 2.51. The van der Waals surface area contributed by atoms with E-state index in [1.165, 1.54) is 42.6 Å². The molecule has 26 heavy (non-hydrogen) atoms. The summed E-state index contributed by atoms with van der Waals surface area (Å²) in [6, 6.07) is 16.4. The molecule has 3 atom stereocenters. The van der Waals surface area contributed by atoms with E-state index in [1.54, 1.807) is 12.7 Å². The van der Waals surface area contributed by atoms with E-state index in [4.69, 9.17) is 4.74 Å². The van der Waals surface area contributed by atoms with Crippen LogP contribution < -0.4 is 4.74 Å². The van der Waals surface area contributed by atoms with Gasteiger partial charge in [-0.05, 0) is 61.3 Å². The van der Waals surface area contributed by atoms with Gasteiger partial charge in [-0.3, -0.25) is 4.90 Å². The molecule has 0 amide bonds. The van der Waals surface area contributed by atoms with E-state index in [0.29, 0.717) is 12.0 Å². The van der Waals surface area contributed by atoms with E-state index in [0.717, 1.165) is 24.5 Å². The first-order chi connectivity index (χ1) is 12.7. The van der Waals surface area contributed by atoms with E-state index in [2.05, 4.69) is 61.2 Å². The molecule has 4 rings (SSSR count). The lowest BCUT2D eigenvalue weighted by Crippen LogP contribution is -2.49. The lowest BCUT2D eigenvalue weighted by Gasteiger charge is -2.47. The summed E-state index contributed by atoms with van der Waals surface area (Å²) in [5, 5.41) is 0. The van der Waals surface area contributed by atoms with Crippen LogP contribution >= 0.6 is 0 Å². The van der Waals surface area contributed by atoms with Crippen molar-refractivity contribution in [1.29, 1.82) is 0 Å². The lowest BCUT2D eigenvalue weighted by molar-refractivity contribution is 0.0819. The van der Waals surface area contributed by atoms with Gasteiger partial charge in [0, 0.05) is 25.0 Å². The molecule has 0 aromatic heterocycles. The van der Waals surface area contributed by atoms with Crippen molar-refractivity contribution in [2.45, 2.75) is 51.5 Å². The Morgan fingerprint density at radius 2 is 1.92 bits per heavy atom. The molecule has 0 bridgehead atoms. The molecule has 2 nitrogen and oxygen atoms in total. The standard InChI is InChI=1S/C24H31NO/c1-17-7-9-19(10-8-17)13-14-25-16-18(2)15-22-20-5-4-6-24(26-3)21(20)11-12-23(22)25/h4-10,18,22-23H,11-16H2,1-3H3. The molecule has 0 saturated carbocycles. The third-order valence-electron chi connectivity index (χ3n) is 6.42. The van der Waals surface area contributed by atoms with Crippen LogP contribution in [0.3, 0.4) is 0 Å². The first-order valence-electron chi connectivity index (χ1n) is 10.1. The number of rotatable bonds is 4. The number of piperidine rings is 1. The molecule has 2 aliphatic rings. The van der Waals surface area contributed by atoms with Gasteiger partial charge in [0.25, 0.3) is 0 Å². The van der Waals surface area contributed by atoms with Crippen molar-refractivity contribution in [2.24, 2.45) is 5.92 Å². The molecule has 2 aromatic carbocycles. The van der Waals surface area contributed by atoms with Crippen LogP contribution in [-0.2, 0) is 12.8 Å². The first-order valence-corrected chi connectivity index (χ1v) is 10.1. The van der Waals surface area contributed by atoms with Gasteiger partial charge in [-0.2, -0.15) is 0 Å². The van der Waals surface area contributed by atoms with Crippen LogP contribution in [0.15, 0.2) is 42.5 Å². The molecule has 3 unspecified atom stereocenters. The van der Waals surface area contributed by atoms with Gasteiger partial charge in [0.05, 0.1) is 7.11 Å². The minimum Gasteiger partial charge on any atom is -0.496 e. The van der Waals surface area contributed by atoms with Crippen molar-refractivity contribution in [3.63, 3.8) is 0 Å². The average molecular weight is 350 g/mol. The minimum atomic E-state index is 0.663. The number of fused-ring (bicyclic) bond motifs is 3. The predicted molar refractivity (Wildman–Crippen MR) is 108 cm³/mol.